The van der Waals surface area contributed by atoms with E-state index in [1.807, 2.05) is 29.2 Å². The predicted octanol–water partition coefficient (Wildman–Crippen LogP) is 1.97. The van der Waals surface area contributed by atoms with Crippen molar-refractivity contribution in [2.45, 2.75) is 12.8 Å². The third-order valence-corrected chi connectivity index (χ3v) is 5.48. The zero-order valence-corrected chi connectivity index (χ0v) is 17.0. The van der Waals surface area contributed by atoms with Crippen LogP contribution in [-0.2, 0) is 9.53 Å². The second-order valence-corrected chi connectivity index (χ2v) is 7.79. The van der Waals surface area contributed by atoms with Gasteiger partial charge in [-0.15, -0.1) is 0 Å². The zero-order chi connectivity index (χ0) is 19.9. The molecule has 3 rings (SSSR count). The first-order chi connectivity index (χ1) is 13.5. The smallest absolute Gasteiger partial charge is 0.253 e. The molecule has 0 atom stereocenters. The van der Waals surface area contributed by atoms with Crippen molar-refractivity contribution in [1.29, 1.82) is 0 Å². The molecule has 2 aliphatic heterocycles. The van der Waals surface area contributed by atoms with E-state index in [2.05, 4.69) is 17.1 Å². The molecule has 0 bridgehead atoms. The van der Waals surface area contributed by atoms with E-state index in [1.54, 1.807) is 19.0 Å². The summed E-state index contributed by atoms with van der Waals surface area (Å²) < 4.78 is 5.34. The quantitative estimate of drug-likeness (QED) is 0.778. The maximum Gasteiger partial charge on any atom is 0.253 e. The van der Waals surface area contributed by atoms with Crippen LogP contribution >= 0.6 is 0 Å². The monoisotopic (exact) mass is 385 g/mol. The summed E-state index contributed by atoms with van der Waals surface area (Å²) >= 11 is 0. The number of hydrogen-bond donors (Lipinski definition) is 0. The molecule has 0 aromatic heterocycles. The predicted molar refractivity (Wildman–Crippen MR) is 110 cm³/mol. The maximum absolute atomic E-state index is 12.5. The summed E-state index contributed by atoms with van der Waals surface area (Å²) in [5, 5.41) is 0. The van der Waals surface area contributed by atoms with Gasteiger partial charge in [-0.2, -0.15) is 0 Å². The Bertz CT molecular complexity index is 685. The van der Waals surface area contributed by atoms with Crippen LogP contribution in [0, 0.1) is 5.92 Å². The highest BCUT2D eigenvalue weighted by Gasteiger charge is 2.23. The van der Waals surface area contributed by atoms with Gasteiger partial charge in [0.15, 0.2) is 0 Å². The number of amides is 2. The summed E-state index contributed by atoms with van der Waals surface area (Å²) in [5.74, 6) is 0.755. The van der Waals surface area contributed by atoms with Crippen molar-refractivity contribution in [2.75, 3.05) is 60.0 Å². The standard InChI is InChI=1S/C22H31N3O3/c1-23(2)22(27)20-7-5-18(6-8-20)3-4-19-9-11-25(12-10-19)21(26)17-24-13-15-28-16-14-24/h3-8,19H,9-17H2,1-2H3/b4-3+. The number of piperidine rings is 1. The maximum atomic E-state index is 12.5. The van der Waals surface area contributed by atoms with Crippen LogP contribution in [0.1, 0.15) is 28.8 Å². The van der Waals surface area contributed by atoms with Crippen molar-refractivity contribution in [2.24, 2.45) is 5.92 Å². The zero-order valence-electron chi connectivity index (χ0n) is 17.0. The number of likely N-dealkylation sites (tertiary alicyclic amines) is 1. The lowest BCUT2D eigenvalue weighted by Crippen LogP contribution is -2.46. The Morgan fingerprint density at radius 2 is 1.71 bits per heavy atom. The SMILES string of the molecule is CN(C)C(=O)c1ccc(/C=C/C2CCN(C(=O)CN3CCOCC3)CC2)cc1. The first-order valence-electron chi connectivity index (χ1n) is 10.1. The number of rotatable bonds is 5. The van der Waals surface area contributed by atoms with Gasteiger partial charge in [0.1, 0.15) is 0 Å². The molecule has 0 spiro atoms. The molecular formula is C22H31N3O3. The van der Waals surface area contributed by atoms with Gasteiger partial charge >= 0.3 is 0 Å². The highest BCUT2D eigenvalue weighted by molar-refractivity contribution is 5.94. The second-order valence-electron chi connectivity index (χ2n) is 7.79. The van der Waals surface area contributed by atoms with Crippen LogP contribution in [0.25, 0.3) is 6.08 Å². The average molecular weight is 386 g/mol. The lowest BCUT2D eigenvalue weighted by Gasteiger charge is -2.33. The average Bonchev–Trinajstić information content (AvgIpc) is 2.73. The van der Waals surface area contributed by atoms with Gasteiger partial charge < -0.3 is 14.5 Å². The molecule has 0 saturated carbocycles. The Morgan fingerprint density at radius 3 is 2.32 bits per heavy atom. The van der Waals surface area contributed by atoms with E-state index in [4.69, 9.17) is 4.74 Å². The summed E-state index contributed by atoms with van der Waals surface area (Å²) in [4.78, 5) is 30.2. The number of allylic oxidation sites excluding steroid dienone is 1. The van der Waals surface area contributed by atoms with Crippen molar-refractivity contribution >= 4 is 17.9 Å². The Labute approximate surface area is 167 Å². The summed E-state index contributed by atoms with van der Waals surface area (Å²) in [6.45, 7) is 5.33. The minimum Gasteiger partial charge on any atom is -0.379 e. The Kier molecular flexibility index (Phi) is 7.23. The number of benzene rings is 1. The van der Waals surface area contributed by atoms with Crippen LogP contribution < -0.4 is 0 Å². The Morgan fingerprint density at radius 1 is 1.07 bits per heavy atom. The molecular weight excluding hydrogens is 354 g/mol. The van der Waals surface area contributed by atoms with Crippen molar-refractivity contribution in [1.82, 2.24) is 14.7 Å². The normalized spacial score (nSPS) is 19.1. The molecule has 152 valence electrons. The molecule has 1 aromatic rings. The van der Waals surface area contributed by atoms with Crippen molar-refractivity contribution in [3.63, 3.8) is 0 Å². The third kappa shape index (κ3) is 5.66. The molecule has 0 unspecified atom stereocenters. The third-order valence-electron chi connectivity index (χ3n) is 5.48. The van der Waals surface area contributed by atoms with Crippen LogP contribution in [0.15, 0.2) is 30.3 Å². The second kappa shape index (κ2) is 9.85. The van der Waals surface area contributed by atoms with Gasteiger partial charge in [0, 0.05) is 45.8 Å². The molecule has 6 nitrogen and oxygen atoms in total. The van der Waals surface area contributed by atoms with E-state index in [0.29, 0.717) is 18.0 Å². The van der Waals surface area contributed by atoms with Gasteiger partial charge in [0.2, 0.25) is 5.91 Å². The molecule has 2 amide bonds. The van der Waals surface area contributed by atoms with Crippen molar-refractivity contribution < 1.29 is 14.3 Å². The molecule has 1 aromatic carbocycles. The Hall–Kier alpha value is -2.18. The van der Waals surface area contributed by atoms with Gasteiger partial charge in [-0.3, -0.25) is 14.5 Å². The summed E-state index contributed by atoms with van der Waals surface area (Å²) in [7, 11) is 3.52. The molecule has 2 fully saturated rings. The van der Waals surface area contributed by atoms with Crippen LogP contribution in [0.3, 0.4) is 0 Å². The van der Waals surface area contributed by atoms with Gasteiger partial charge in [-0.25, -0.2) is 0 Å². The number of morpholine rings is 1. The summed E-state index contributed by atoms with van der Waals surface area (Å²) in [6.07, 6.45) is 6.37. The summed E-state index contributed by atoms with van der Waals surface area (Å²) in [5.41, 5.74) is 1.80. The van der Waals surface area contributed by atoms with Crippen LogP contribution in [0.2, 0.25) is 0 Å². The Balaban J connectivity index is 1.44. The van der Waals surface area contributed by atoms with E-state index >= 15 is 0 Å². The highest BCUT2D eigenvalue weighted by Crippen LogP contribution is 2.20. The molecule has 28 heavy (non-hydrogen) atoms. The van der Waals surface area contributed by atoms with Gasteiger partial charge in [-0.1, -0.05) is 24.3 Å². The molecule has 0 radical (unpaired) electrons. The van der Waals surface area contributed by atoms with Gasteiger partial charge in [0.05, 0.1) is 19.8 Å². The van der Waals surface area contributed by atoms with E-state index in [1.165, 1.54) is 0 Å². The molecule has 2 heterocycles. The van der Waals surface area contributed by atoms with Crippen LogP contribution in [0.4, 0.5) is 0 Å². The topological polar surface area (TPSA) is 53.1 Å². The van der Waals surface area contributed by atoms with E-state index in [-0.39, 0.29) is 11.8 Å². The molecule has 0 aliphatic carbocycles. The van der Waals surface area contributed by atoms with Gasteiger partial charge in [0.25, 0.3) is 5.91 Å². The molecule has 2 saturated heterocycles. The van der Waals surface area contributed by atoms with E-state index < -0.39 is 0 Å². The van der Waals surface area contributed by atoms with Crippen LogP contribution in [-0.4, -0.2) is 86.5 Å². The fraction of sp³-hybridized carbons (Fsp3) is 0.545. The fourth-order valence-corrected chi connectivity index (χ4v) is 3.63. The van der Waals surface area contributed by atoms with Gasteiger partial charge in [-0.05, 0) is 36.5 Å². The van der Waals surface area contributed by atoms with E-state index in [9.17, 15) is 9.59 Å². The molecule has 0 N–H and O–H groups in total. The largest absolute Gasteiger partial charge is 0.379 e. The van der Waals surface area contributed by atoms with Crippen LogP contribution in [0.5, 0.6) is 0 Å². The minimum absolute atomic E-state index is 0.0182. The van der Waals surface area contributed by atoms with Crippen molar-refractivity contribution in [3.8, 4) is 0 Å². The molecule has 6 heteroatoms. The first kappa shape index (κ1) is 20.6. The first-order valence-corrected chi connectivity index (χ1v) is 10.1. The van der Waals surface area contributed by atoms with E-state index in [0.717, 1.165) is 57.8 Å². The minimum atomic E-state index is 0.0182. The highest BCUT2D eigenvalue weighted by atomic mass is 16.5. The number of carbonyl (C=O) groups is 2. The number of nitrogens with zero attached hydrogens (tertiary/aromatic N) is 3. The lowest BCUT2D eigenvalue weighted by atomic mass is 9.95. The summed E-state index contributed by atoms with van der Waals surface area (Å²) in [6, 6.07) is 7.70. The lowest BCUT2D eigenvalue weighted by molar-refractivity contribution is -0.134. The number of ether oxygens (including phenoxy) is 1. The van der Waals surface area contributed by atoms with Crippen molar-refractivity contribution in [3.05, 3.63) is 41.5 Å². The number of carbonyl (C=O) groups excluding carboxylic acids is 2. The fourth-order valence-electron chi connectivity index (χ4n) is 3.63. The molecule has 2 aliphatic rings. The number of hydrogen-bond acceptors (Lipinski definition) is 4.